The fourth-order valence-electron chi connectivity index (χ4n) is 2.13. The van der Waals surface area contributed by atoms with Crippen LogP contribution in [-0.2, 0) is 19.9 Å². The van der Waals surface area contributed by atoms with Crippen molar-refractivity contribution in [1.29, 1.82) is 0 Å². The van der Waals surface area contributed by atoms with Crippen molar-refractivity contribution in [3.63, 3.8) is 0 Å². The third-order valence-electron chi connectivity index (χ3n) is 3.20. The number of rotatable bonds is 6. The minimum Gasteiger partial charge on any atom is -0.396 e. The highest BCUT2D eigenvalue weighted by Crippen LogP contribution is 2.24. The van der Waals surface area contributed by atoms with Gasteiger partial charge in [-0.05, 0) is 18.8 Å². The number of hydrogen-bond donors (Lipinski definition) is 2. The molecule has 1 aliphatic carbocycles. The summed E-state index contributed by atoms with van der Waals surface area (Å²) in [6.45, 7) is -0.0424. The molecule has 1 fully saturated rings. The van der Waals surface area contributed by atoms with Crippen LogP contribution in [0.5, 0.6) is 0 Å². The Balaban J connectivity index is 2.58. The van der Waals surface area contributed by atoms with Crippen LogP contribution in [-0.4, -0.2) is 52.4 Å². The molecule has 1 aliphatic rings. The van der Waals surface area contributed by atoms with Crippen LogP contribution in [0.15, 0.2) is 0 Å². The molecule has 0 radical (unpaired) electrons. The van der Waals surface area contributed by atoms with Gasteiger partial charge in [0.05, 0.1) is 11.5 Å². The lowest BCUT2D eigenvalue weighted by atomic mass is 9.86. The zero-order chi connectivity index (χ0) is 13.8. The Morgan fingerprint density at radius 3 is 2.28 bits per heavy atom. The average Bonchev–Trinajstić information content (AvgIpc) is 2.26. The van der Waals surface area contributed by atoms with Crippen molar-refractivity contribution in [2.75, 3.05) is 24.4 Å². The predicted molar refractivity (Wildman–Crippen MR) is 69.5 cm³/mol. The molecule has 18 heavy (non-hydrogen) atoms. The molecule has 108 valence electrons. The van der Waals surface area contributed by atoms with Gasteiger partial charge in [-0.3, -0.25) is 0 Å². The Bertz CT molecular complexity index is 457. The Labute approximate surface area is 109 Å². The summed E-state index contributed by atoms with van der Waals surface area (Å²) in [6, 6.07) is -0.270. The van der Waals surface area contributed by atoms with Crippen LogP contribution >= 0.6 is 0 Å². The van der Waals surface area contributed by atoms with Gasteiger partial charge in [0.15, 0.2) is 0 Å². The normalized spacial score (nSPS) is 26.1. The standard InChI is InChI=1S/C10H21NO5S2/c1-17(13,14)6-7-18(15,16)11-10-5-3-2-4-9(10)8-12/h9-12H,2-8H2,1H3. The number of aliphatic hydroxyl groups excluding tert-OH is 1. The maximum Gasteiger partial charge on any atom is 0.212 e. The third-order valence-corrected chi connectivity index (χ3v) is 5.80. The van der Waals surface area contributed by atoms with Gasteiger partial charge in [-0.15, -0.1) is 0 Å². The Morgan fingerprint density at radius 2 is 1.72 bits per heavy atom. The van der Waals surface area contributed by atoms with E-state index in [1.165, 1.54) is 0 Å². The van der Waals surface area contributed by atoms with Gasteiger partial charge < -0.3 is 5.11 Å². The molecule has 0 aliphatic heterocycles. The fraction of sp³-hybridized carbons (Fsp3) is 1.00. The zero-order valence-electron chi connectivity index (χ0n) is 10.5. The van der Waals surface area contributed by atoms with E-state index in [4.69, 9.17) is 0 Å². The average molecular weight is 299 g/mol. The smallest absolute Gasteiger partial charge is 0.212 e. The summed E-state index contributed by atoms with van der Waals surface area (Å²) in [5.74, 6) is -0.856. The van der Waals surface area contributed by atoms with Crippen LogP contribution in [0.1, 0.15) is 25.7 Å². The maximum absolute atomic E-state index is 11.7. The highest BCUT2D eigenvalue weighted by Gasteiger charge is 2.28. The topological polar surface area (TPSA) is 101 Å². The summed E-state index contributed by atoms with van der Waals surface area (Å²) < 4.78 is 47.9. The maximum atomic E-state index is 11.7. The summed E-state index contributed by atoms with van der Waals surface area (Å²) in [6.07, 6.45) is 4.43. The second-order valence-corrected chi connectivity index (χ2v) is 9.03. The Kier molecular flexibility index (Phi) is 5.57. The van der Waals surface area contributed by atoms with E-state index in [2.05, 4.69) is 4.72 Å². The monoisotopic (exact) mass is 299 g/mol. The van der Waals surface area contributed by atoms with Gasteiger partial charge in [-0.1, -0.05) is 12.8 Å². The van der Waals surface area contributed by atoms with Gasteiger partial charge in [0.25, 0.3) is 0 Å². The molecule has 0 aromatic rings. The van der Waals surface area contributed by atoms with Gasteiger partial charge in [-0.2, -0.15) is 0 Å². The number of sulfone groups is 1. The molecular formula is C10H21NO5S2. The molecule has 0 amide bonds. The lowest BCUT2D eigenvalue weighted by Gasteiger charge is -2.30. The predicted octanol–water partition coefficient (Wildman–Crippen LogP) is -0.498. The first-order valence-corrected chi connectivity index (χ1v) is 9.73. The molecule has 8 heteroatoms. The van der Waals surface area contributed by atoms with Crippen LogP contribution in [0.25, 0.3) is 0 Å². The number of nitrogens with one attached hydrogen (secondary N) is 1. The van der Waals surface area contributed by atoms with Gasteiger partial charge in [-0.25, -0.2) is 21.6 Å². The van der Waals surface area contributed by atoms with Crippen LogP contribution in [0.3, 0.4) is 0 Å². The molecule has 6 nitrogen and oxygen atoms in total. The molecule has 2 unspecified atom stereocenters. The van der Waals surface area contributed by atoms with E-state index in [1.807, 2.05) is 0 Å². The van der Waals surface area contributed by atoms with E-state index < -0.39 is 25.6 Å². The molecule has 2 atom stereocenters. The molecular weight excluding hydrogens is 278 g/mol. The first-order chi connectivity index (χ1) is 8.23. The molecule has 2 N–H and O–H groups in total. The highest BCUT2D eigenvalue weighted by atomic mass is 32.2. The molecule has 0 aromatic carbocycles. The Hall–Kier alpha value is -0.180. The Morgan fingerprint density at radius 1 is 1.11 bits per heavy atom. The van der Waals surface area contributed by atoms with Crippen molar-refractivity contribution in [3.05, 3.63) is 0 Å². The van der Waals surface area contributed by atoms with Gasteiger partial charge >= 0.3 is 0 Å². The number of aliphatic hydroxyl groups is 1. The van der Waals surface area contributed by atoms with Gasteiger partial charge in [0.2, 0.25) is 10.0 Å². The summed E-state index contributed by atoms with van der Waals surface area (Å²) in [4.78, 5) is 0. The van der Waals surface area contributed by atoms with Crippen LogP contribution in [0.2, 0.25) is 0 Å². The van der Waals surface area contributed by atoms with Crippen LogP contribution in [0.4, 0.5) is 0 Å². The van der Waals surface area contributed by atoms with E-state index in [9.17, 15) is 21.9 Å². The lowest BCUT2D eigenvalue weighted by Crippen LogP contribution is -2.44. The summed E-state index contributed by atoms with van der Waals surface area (Å²) >= 11 is 0. The van der Waals surface area contributed by atoms with Gasteiger partial charge in [0.1, 0.15) is 9.84 Å². The van der Waals surface area contributed by atoms with Crippen LogP contribution < -0.4 is 4.72 Å². The number of hydrogen-bond acceptors (Lipinski definition) is 5. The summed E-state index contributed by atoms with van der Waals surface area (Å²) in [7, 11) is -6.88. The van der Waals surface area contributed by atoms with E-state index in [1.54, 1.807) is 0 Å². The van der Waals surface area contributed by atoms with Crippen LogP contribution in [0, 0.1) is 5.92 Å². The molecule has 0 heterocycles. The second kappa shape index (κ2) is 6.31. The lowest BCUT2D eigenvalue weighted by molar-refractivity contribution is 0.164. The van der Waals surface area contributed by atoms with E-state index in [-0.39, 0.29) is 24.3 Å². The summed E-state index contributed by atoms with van der Waals surface area (Å²) in [5, 5.41) is 9.19. The molecule has 0 bridgehead atoms. The van der Waals surface area contributed by atoms with Crippen molar-refractivity contribution in [1.82, 2.24) is 4.72 Å². The third kappa shape index (κ3) is 5.64. The highest BCUT2D eigenvalue weighted by molar-refractivity contribution is 7.93. The first-order valence-electron chi connectivity index (χ1n) is 6.02. The van der Waals surface area contributed by atoms with Crippen molar-refractivity contribution in [2.24, 2.45) is 5.92 Å². The molecule has 0 aromatic heterocycles. The van der Waals surface area contributed by atoms with Gasteiger partial charge in [0, 0.05) is 18.9 Å². The van der Waals surface area contributed by atoms with E-state index >= 15 is 0 Å². The van der Waals surface area contributed by atoms with Crippen molar-refractivity contribution in [2.45, 2.75) is 31.7 Å². The fourth-order valence-corrected chi connectivity index (χ4v) is 5.11. The van der Waals surface area contributed by atoms with Crippen molar-refractivity contribution < 1.29 is 21.9 Å². The number of sulfonamides is 1. The van der Waals surface area contributed by atoms with E-state index in [0.717, 1.165) is 25.5 Å². The molecule has 1 saturated carbocycles. The SMILES string of the molecule is CS(=O)(=O)CCS(=O)(=O)NC1CCCCC1CO. The largest absolute Gasteiger partial charge is 0.396 e. The molecule has 1 rings (SSSR count). The minimum atomic E-state index is -3.60. The first kappa shape index (κ1) is 15.9. The van der Waals surface area contributed by atoms with Crippen molar-refractivity contribution >= 4 is 19.9 Å². The second-order valence-electron chi connectivity index (χ2n) is 4.90. The molecule has 0 spiro atoms. The quantitative estimate of drug-likeness (QED) is 0.689. The zero-order valence-corrected chi connectivity index (χ0v) is 12.1. The molecule has 0 saturated heterocycles. The minimum absolute atomic E-state index is 0.0424. The van der Waals surface area contributed by atoms with E-state index in [0.29, 0.717) is 6.42 Å². The summed E-state index contributed by atoms with van der Waals surface area (Å²) in [5.41, 5.74) is 0. The van der Waals surface area contributed by atoms with Crippen molar-refractivity contribution in [3.8, 4) is 0 Å².